The van der Waals surface area contributed by atoms with Crippen LogP contribution in [0.4, 0.5) is 0 Å². The summed E-state index contributed by atoms with van der Waals surface area (Å²) in [5.74, 6) is 1.36. The zero-order chi connectivity index (χ0) is 22.5. The summed E-state index contributed by atoms with van der Waals surface area (Å²) in [5.41, 5.74) is 3.38. The van der Waals surface area contributed by atoms with Crippen LogP contribution in [0.3, 0.4) is 0 Å². The zero-order valence-corrected chi connectivity index (χ0v) is 18.5. The maximum absolute atomic E-state index is 12.4. The first kappa shape index (κ1) is 22.2. The molecule has 2 aromatic carbocycles. The highest BCUT2D eigenvalue weighted by Gasteiger charge is 2.15. The fraction of sp³-hybridized carbons (Fsp3) is 0.333. The molecule has 1 amide bonds. The minimum absolute atomic E-state index is 0.170. The molecule has 0 aliphatic heterocycles. The SMILES string of the molecule is COc1cc(CNC(=O)CCc2c(C)c3ccc(C)cc3oc2=O)cc(OC)c1OC. The Kier molecular flexibility index (Phi) is 6.84. The van der Waals surface area contributed by atoms with Crippen molar-refractivity contribution in [2.24, 2.45) is 0 Å². The first-order chi connectivity index (χ1) is 14.9. The van der Waals surface area contributed by atoms with Gasteiger partial charge in [0.1, 0.15) is 5.58 Å². The molecule has 3 rings (SSSR count). The van der Waals surface area contributed by atoms with Gasteiger partial charge in [-0.25, -0.2) is 4.79 Å². The number of hydrogen-bond donors (Lipinski definition) is 1. The molecule has 0 spiro atoms. The van der Waals surface area contributed by atoms with Gasteiger partial charge in [-0.2, -0.15) is 0 Å². The van der Waals surface area contributed by atoms with Crippen molar-refractivity contribution >= 4 is 16.9 Å². The van der Waals surface area contributed by atoms with E-state index in [4.69, 9.17) is 18.6 Å². The third-order valence-corrected chi connectivity index (χ3v) is 5.26. The number of nitrogens with one attached hydrogen (secondary N) is 1. The first-order valence-corrected chi connectivity index (χ1v) is 9.96. The molecule has 31 heavy (non-hydrogen) atoms. The van der Waals surface area contributed by atoms with Crippen LogP contribution in [0.5, 0.6) is 17.2 Å². The molecule has 0 fully saturated rings. The van der Waals surface area contributed by atoms with Crippen molar-refractivity contribution in [3.05, 3.63) is 63.0 Å². The summed E-state index contributed by atoms with van der Waals surface area (Å²) in [6, 6.07) is 9.33. The average Bonchev–Trinajstić information content (AvgIpc) is 2.76. The van der Waals surface area contributed by atoms with Crippen LogP contribution < -0.4 is 25.2 Å². The van der Waals surface area contributed by atoms with Gasteiger partial charge in [0.15, 0.2) is 11.5 Å². The standard InChI is InChI=1S/C24H27NO6/c1-14-6-7-17-15(2)18(24(27)31-19(17)10-14)8-9-22(26)25-13-16-11-20(28-3)23(30-5)21(12-16)29-4/h6-7,10-12H,8-9,13H2,1-5H3,(H,25,26). The number of aryl methyl sites for hydroxylation is 2. The van der Waals surface area contributed by atoms with E-state index in [-0.39, 0.29) is 12.3 Å². The van der Waals surface area contributed by atoms with Crippen LogP contribution in [0, 0.1) is 13.8 Å². The number of hydrogen-bond acceptors (Lipinski definition) is 6. The Morgan fingerprint density at radius 2 is 1.68 bits per heavy atom. The first-order valence-electron chi connectivity index (χ1n) is 9.96. The minimum Gasteiger partial charge on any atom is -0.493 e. The van der Waals surface area contributed by atoms with Crippen molar-refractivity contribution in [2.75, 3.05) is 21.3 Å². The van der Waals surface area contributed by atoms with Crippen molar-refractivity contribution in [1.29, 1.82) is 0 Å². The van der Waals surface area contributed by atoms with E-state index >= 15 is 0 Å². The second-order valence-corrected chi connectivity index (χ2v) is 7.30. The molecule has 0 saturated carbocycles. The number of carbonyl (C=O) groups excluding carboxylic acids is 1. The normalized spacial score (nSPS) is 10.7. The van der Waals surface area contributed by atoms with E-state index in [0.29, 0.717) is 41.4 Å². The fourth-order valence-electron chi connectivity index (χ4n) is 3.56. The zero-order valence-electron chi connectivity index (χ0n) is 18.5. The molecule has 0 atom stereocenters. The number of rotatable bonds is 8. The van der Waals surface area contributed by atoms with Gasteiger partial charge in [0, 0.05) is 23.9 Å². The van der Waals surface area contributed by atoms with E-state index in [1.165, 1.54) is 7.11 Å². The van der Waals surface area contributed by atoms with Crippen molar-refractivity contribution in [3.8, 4) is 17.2 Å². The van der Waals surface area contributed by atoms with Gasteiger partial charge >= 0.3 is 5.63 Å². The van der Waals surface area contributed by atoms with E-state index in [9.17, 15) is 9.59 Å². The Morgan fingerprint density at radius 1 is 1.00 bits per heavy atom. The molecule has 7 nitrogen and oxygen atoms in total. The largest absolute Gasteiger partial charge is 0.493 e. The van der Waals surface area contributed by atoms with Crippen LogP contribution in [0.1, 0.15) is 28.7 Å². The lowest BCUT2D eigenvalue weighted by atomic mass is 10.0. The molecule has 3 aromatic rings. The Bertz CT molecular complexity index is 1140. The quantitative estimate of drug-likeness (QED) is 0.554. The predicted molar refractivity (Wildman–Crippen MR) is 118 cm³/mol. The number of ether oxygens (including phenoxy) is 3. The van der Waals surface area contributed by atoms with E-state index in [1.54, 1.807) is 26.4 Å². The van der Waals surface area contributed by atoms with Gasteiger partial charge in [-0.1, -0.05) is 12.1 Å². The van der Waals surface area contributed by atoms with Crippen LogP contribution in [0.25, 0.3) is 11.0 Å². The van der Waals surface area contributed by atoms with Crippen molar-refractivity contribution in [1.82, 2.24) is 5.32 Å². The second kappa shape index (κ2) is 9.55. The number of carbonyl (C=O) groups is 1. The molecule has 0 bridgehead atoms. The molecule has 1 N–H and O–H groups in total. The van der Waals surface area contributed by atoms with Crippen molar-refractivity contribution in [3.63, 3.8) is 0 Å². The lowest BCUT2D eigenvalue weighted by Gasteiger charge is -2.14. The molecule has 0 aliphatic carbocycles. The highest BCUT2D eigenvalue weighted by Crippen LogP contribution is 2.38. The molecule has 7 heteroatoms. The van der Waals surface area contributed by atoms with Gasteiger partial charge in [0.2, 0.25) is 11.7 Å². The van der Waals surface area contributed by atoms with Crippen LogP contribution in [0.2, 0.25) is 0 Å². The molecule has 164 valence electrons. The maximum Gasteiger partial charge on any atom is 0.339 e. The monoisotopic (exact) mass is 425 g/mol. The van der Waals surface area contributed by atoms with Crippen molar-refractivity contribution in [2.45, 2.75) is 33.2 Å². The van der Waals surface area contributed by atoms with E-state index in [1.807, 2.05) is 32.0 Å². The van der Waals surface area contributed by atoms with Gasteiger partial charge in [-0.15, -0.1) is 0 Å². The van der Waals surface area contributed by atoms with Gasteiger partial charge in [-0.05, 0) is 55.2 Å². The lowest BCUT2D eigenvalue weighted by molar-refractivity contribution is -0.121. The molecular formula is C24H27NO6. The average molecular weight is 425 g/mol. The summed E-state index contributed by atoms with van der Waals surface area (Å²) in [5, 5.41) is 3.76. The molecule has 0 radical (unpaired) electrons. The summed E-state index contributed by atoms with van der Waals surface area (Å²) in [6.07, 6.45) is 0.479. The predicted octanol–water partition coefficient (Wildman–Crippen LogP) is 3.68. The molecule has 0 aliphatic rings. The summed E-state index contributed by atoms with van der Waals surface area (Å²) in [7, 11) is 4.62. The van der Waals surface area contributed by atoms with Gasteiger partial charge in [0.25, 0.3) is 0 Å². The summed E-state index contributed by atoms with van der Waals surface area (Å²) in [6.45, 7) is 4.12. The maximum atomic E-state index is 12.4. The number of fused-ring (bicyclic) bond motifs is 1. The van der Waals surface area contributed by atoms with Gasteiger partial charge in [-0.3, -0.25) is 4.79 Å². The summed E-state index contributed by atoms with van der Waals surface area (Å²) < 4.78 is 21.4. The smallest absolute Gasteiger partial charge is 0.339 e. The third-order valence-electron chi connectivity index (χ3n) is 5.26. The highest BCUT2D eigenvalue weighted by atomic mass is 16.5. The second-order valence-electron chi connectivity index (χ2n) is 7.30. The van der Waals surface area contributed by atoms with Crippen molar-refractivity contribution < 1.29 is 23.4 Å². The van der Waals surface area contributed by atoms with Crippen LogP contribution >= 0.6 is 0 Å². The highest BCUT2D eigenvalue weighted by molar-refractivity contribution is 5.82. The molecule has 1 heterocycles. The number of benzene rings is 2. The summed E-state index contributed by atoms with van der Waals surface area (Å²) in [4.78, 5) is 24.8. The lowest BCUT2D eigenvalue weighted by Crippen LogP contribution is -2.24. The Hall–Kier alpha value is -3.48. The van der Waals surface area contributed by atoms with E-state index in [2.05, 4.69) is 5.32 Å². The number of amides is 1. The minimum atomic E-state index is -0.395. The Labute approximate surface area is 180 Å². The van der Waals surface area contributed by atoms with Gasteiger partial charge < -0.3 is 23.9 Å². The Morgan fingerprint density at radius 3 is 2.29 bits per heavy atom. The fourth-order valence-corrected chi connectivity index (χ4v) is 3.56. The summed E-state index contributed by atoms with van der Waals surface area (Å²) >= 11 is 0. The molecule has 0 unspecified atom stereocenters. The Balaban J connectivity index is 1.69. The van der Waals surface area contributed by atoms with Crippen LogP contribution in [-0.4, -0.2) is 27.2 Å². The number of methoxy groups -OCH3 is 3. The topological polar surface area (TPSA) is 87.0 Å². The van der Waals surface area contributed by atoms with Gasteiger partial charge in [0.05, 0.1) is 21.3 Å². The van der Waals surface area contributed by atoms with Crippen LogP contribution in [0.15, 0.2) is 39.5 Å². The molecule has 0 saturated heterocycles. The van der Waals surface area contributed by atoms with E-state index in [0.717, 1.165) is 22.1 Å². The molecular weight excluding hydrogens is 398 g/mol. The van der Waals surface area contributed by atoms with E-state index < -0.39 is 5.63 Å². The third kappa shape index (κ3) is 4.82. The van der Waals surface area contributed by atoms with Crippen LogP contribution in [-0.2, 0) is 17.8 Å². The molecule has 1 aromatic heterocycles.